The normalized spacial score (nSPS) is 23.9. The van der Waals surface area contributed by atoms with Gasteiger partial charge in [0.05, 0.1) is 6.61 Å². The van der Waals surface area contributed by atoms with E-state index in [9.17, 15) is 9.59 Å². The lowest BCUT2D eigenvalue weighted by Gasteiger charge is -2.26. The molecule has 0 aliphatic carbocycles. The van der Waals surface area contributed by atoms with Crippen molar-refractivity contribution in [3.8, 4) is 0 Å². The molecule has 0 saturated heterocycles. The topological polar surface area (TPSA) is 84.3 Å². The zero-order chi connectivity index (χ0) is 12.4. The number of nitrogens with zero attached hydrogens (tertiary/aromatic N) is 1. The Morgan fingerprint density at radius 2 is 2.35 bits per heavy atom. The Labute approximate surface area is 97.2 Å². The minimum Gasteiger partial charge on any atom is -0.393 e. The lowest BCUT2D eigenvalue weighted by molar-refractivity contribution is -0.0609. The van der Waals surface area contributed by atoms with Crippen LogP contribution in [0.1, 0.15) is 18.2 Å². The average Bonchev–Trinajstić information content (AvgIpc) is 2.34. The van der Waals surface area contributed by atoms with E-state index in [1.807, 2.05) is 6.08 Å². The van der Waals surface area contributed by atoms with Crippen LogP contribution in [0.25, 0.3) is 0 Å². The number of aliphatic hydroxyl groups excluding tert-OH is 1. The molecule has 1 aromatic rings. The van der Waals surface area contributed by atoms with E-state index in [1.165, 1.54) is 10.8 Å². The molecule has 0 fully saturated rings. The number of aromatic amines is 1. The number of aliphatic hydroxyl groups is 1. The van der Waals surface area contributed by atoms with Gasteiger partial charge in [0, 0.05) is 18.2 Å². The number of rotatable bonds is 2. The number of hydrogen-bond donors (Lipinski definition) is 2. The molecule has 0 unspecified atom stereocenters. The summed E-state index contributed by atoms with van der Waals surface area (Å²) in [4.78, 5) is 25.1. The third-order valence-corrected chi connectivity index (χ3v) is 2.66. The second kappa shape index (κ2) is 4.68. The smallest absolute Gasteiger partial charge is 0.330 e. The monoisotopic (exact) mass is 238 g/mol. The fraction of sp³-hybridized carbons (Fsp3) is 0.455. The van der Waals surface area contributed by atoms with Crippen LogP contribution in [-0.2, 0) is 4.74 Å². The Morgan fingerprint density at radius 1 is 1.59 bits per heavy atom. The summed E-state index contributed by atoms with van der Waals surface area (Å²) in [5.74, 6) is 0. The number of aromatic nitrogens is 2. The SMILES string of the molecule is Cc1cn([C@@H]2CC=C[C@@H](CO)O2)c(=O)[nH]c1=O. The van der Waals surface area contributed by atoms with Crippen molar-refractivity contribution in [2.24, 2.45) is 0 Å². The van der Waals surface area contributed by atoms with E-state index in [2.05, 4.69) is 4.98 Å². The van der Waals surface area contributed by atoms with Gasteiger partial charge < -0.3 is 9.84 Å². The summed E-state index contributed by atoms with van der Waals surface area (Å²) in [6.45, 7) is 1.49. The van der Waals surface area contributed by atoms with Gasteiger partial charge in [-0.3, -0.25) is 14.3 Å². The Balaban J connectivity index is 2.35. The van der Waals surface area contributed by atoms with Gasteiger partial charge in [-0.15, -0.1) is 0 Å². The van der Waals surface area contributed by atoms with Crippen molar-refractivity contribution in [3.63, 3.8) is 0 Å². The molecule has 0 radical (unpaired) electrons. The van der Waals surface area contributed by atoms with E-state index in [-0.39, 0.29) is 6.61 Å². The molecule has 17 heavy (non-hydrogen) atoms. The molecule has 0 bridgehead atoms. The quantitative estimate of drug-likeness (QED) is 0.692. The average molecular weight is 238 g/mol. The van der Waals surface area contributed by atoms with Gasteiger partial charge in [0.1, 0.15) is 12.3 Å². The highest BCUT2D eigenvalue weighted by Gasteiger charge is 2.20. The Kier molecular flexibility index (Phi) is 3.26. The number of hydrogen-bond acceptors (Lipinski definition) is 4. The van der Waals surface area contributed by atoms with E-state index in [4.69, 9.17) is 9.84 Å². The van der Waals surface area contributed by atoms with Crippen LogP contribution in [0.5, 0.6) is 0 Å². The first-order valence-corrected chi connectivity index (χ1v) is 5.37. The van der Waals surface area contributed by atoms with Crippen molar-refractivity contribution >= 4 is 0 Å². The molecule has 2 heterocycles. The third-order valence-electron chi connectivity index (χ3n) is 2.66. The van der Waals surface area contributed by atoms with Crippen LogP contribution in [-0.4, -0.2) is 27.4 Å². The fourth-order valence-corrected chi connectivity index (χ4v) is 1.73. The van der Waals surface area contributed by atoms with E-state index < -0.39 is 23.6 Å². The largest absolute Gasteiger partial charge is 0.393 e. The van der Waals surface area contributed by atoms with E-state index in [1.54, 1.807) is 13.0 Å². The van der Waals surface area contributed by atoms with Gasteiger partial charge in [-0.1, -0.05) is 12.2 Å². The minimum atomic E-state index is -0.502. The van der Waals surface area contributed by atoms with Gasteiger partial charge in [0.25, 0.3) is 5.56 Å². The summed E-state index contributed by atoms with van der Waals surface area (Å²) in [6, 6.07) is 0. The third kappa shape index (κ3) is 2.37. The summed E-state index contributed by atoms with van der Waals surface area (Å²) >= 11 is 0. The molecule has 2 N–H and O–H groups in total. The minimum absolute atomic E-state index is 0.135. The van der Waals surface area contributed by atoms with Gasteiger partial charge in [0.15, 0.2) is 0 Å². The van der Waals surface area contributed by atoms with E-state index in [0.717, 1.165) is 0 Å². The maximum Gasteiger partial charge on any atom is 0.330 e. The van der Waals surface area contributed by atoms with Crippen LogP contribution < -0.4 is 11.2 Å². The van der Waals surface area contributed by atoms with Crippen molar-refractivity contribution < 1.29 is 9.84 Å². The second-order valence-electron chi connectivity index (χ2n) is 3.95. The number of nitrogens with one attached hydrogen (secondary N) is 1. The van der Waals surface area contributed by atoms with Crippen molar-refractivity contribution in [1.29, 1.82) is 0 Å². The van der Waals surface area contributed by atoms with Gasteiger partial charge >= 0.3 is 5.69 Å². The highest BCUT2D eigenvalue weighted by atomic mass is 16.5. The van der Waals surface area contributed by atoms with Crippen LogP contribution in [0.4, 0.5) is 0 Å². The first-order valence-electron chi connectivity index (χ1n) is 5.37. The van der Waals surface area contributed by atoms with Crippen LogP contribution in [0.15, 0.2) is 27.9 Å². The fourth-order valence-electron chi connectivity index (χ4n) is 1.73. The second-order valence-corrected chi connectivity index (χ2v) is 3.95. The molecule has 1 aliphatic heterocycles. The molecular formula is C11H14N2O4. The number of ether oxygens (including phenoxy) is 1. The molecule has 1 aromatic heterocycles. The Bertz CT molecular complexity index is 543. The van der Waals surface area contributed by atoms with Crippen LogP contribution in [0.3, 0.4) is 0 Å². The van der Waals surface area contributed by atoms with Gasteiger partial charge in [0.2, 0.25) is 0 Å². The zero-order valence-corrected chi connectivity index (χ0v) is 9.42. The lowest BCUT2D eigenvalue weighted by Crippen LogP contribution is -2.36. The summed E-state index contributed by atoms with van der Waals surface area (Å²) in [6.07, 6.45) is 4.71. The predicted molar refractivity (Wildman–Crippen MR) is 60.8 cm³/mol. The van der Waals surface area contributed by atoms with Crippen molar-refractivity contribution in [1.82, 2.24) is 9.55 Å². The van der Waals surface area contributed by atoms with Gasteiger partial charge in [-0.25, -0.2) is 4.79 Å². The standard InChI is InChI=1S/C11H14N2O4/c1-7-5-13(11(16)12-10(7)15)9-4-2-3-8(6-14)17-9/h2-3,5,8-9,14H,4,6H2,1H3,(H,12,15,16)/t8-,9-/m0/s1. The van der Waals surface area contributed by atoms with Crippen LogP contribution in [0, 0.1) is 6.92 Å². The molecule has 0 amide bonds. The highest BCUT2D eigenvalue weighted by Crippen LogP contribution is 2.19. The van der Waals surface area contributed by atoms with Crippen LogP contribution >= 0.6 is 0 Å². The maximum absolute atomic E-state index is 11.6. The first-order chi connectivity index (χ1) is 8.11. The summed E-state index contributed by atoms with van der Waals surface area (Å²) < 4.78 is 6.84. The summed E-state index contributed by atoms with van der Waals surface area (Å²) in [5, 5.41) is 9.00. The van der Waals surface area contributed by atoms with Gasteiger partial charge in [-0.05, 0) is 6.92 Å². The van der Waals surface area contributed by atoms with Crippen molar-refractivity contribution in [3.05, 3.63) is 44.8 Å². The first kappa shape index (κ1) is 11.8. The Morgan fingerprint density at radius 3 is 3.06 bits per heavy atom. The molecule has 6 heteroatoms. The molecule has 6 nitrogen and oxygen atoms in total. The molecule has 0 spiro atoms. The molecule has 0 aromatic carbocycles. The van der Waals surface area contributed by atoms with E-state index >= 15 is 0 Å². The number of H-pyrrole nitrogens is 1. The lowest BCUT2D eigenvalue weighted by atomic mass is 10.2. The predicted octanol–water partition coefficient (Wildman–Crippen LogP) is -0.319. The molecule has 2 rings (SSSR count). The van der Waals surface area contributed by atoms with E-state index in [0.29, 0.717) is 12.0 Å². The molecule has 0 saturated carbocycles. The highest BCUT2D eigenvalue weighted by molar-refractivity contribution is 5.03. The van der Waals surface area contributed by atoms with Crippen molar-refractivity contribution in [2.75, 3.05) is 6.61 Å². The molecular weight excluding hydrogens is 224 g/mol. The summed E-state index contributed by atoms with van der Waals surface area (Å²) in [7, 11) is 0. The molecule has 1 aliphatic rings. The van der Waals surface area contributed by atoms with Gasteiger partial charge in [-0.2, -0.15) is 0 Å². The number of aryl methyl sites for hydroxylation is 1. The van der Waals surface area contributed by atoms with Crippen molar-refractivity contribution in [2.45, 2.75) is 25.7 Å². The zero-order valence-electron chi connectivity index (χ0n) is 9.42. The molecule has 92 valence electrons. The Hall–Kier alpha value is -1.66. The summed E-state index contributed by atoms with van der Waals surface area (Å²) in [5.41, 5.74) is -0.447. The molecule has 2 atom stereocenters. The van der Waals surface area contributed by atoms with Crippen LogP contribution in [0.2, 0.25) is 0 Å². The maximum atomic E-state index is 11.6.